The van der Waals surface area contributed by atoms with Gasteiger partial charge in [0.15, 0.2) is 12.5 Å². The van der Waals surface area contributed by atoms with Crippen LogP contribution in [0.5, 0.6) is 0 Å². The van der Waals surface area contributed by atoms with Gasteiger partial charge in [0, 0.05) is 13.0 Å². The molecule has 0 aliphatic carbocycles. The number of aryl methyl sites for hydroxylation is 1. The highest BCUT2D eigenvalue weighted by molar-refractivity contribution is 7.07. The van der Waals surface area contributed by atoms with Crippen LogP contribution in [0.1, 0.15) is 122 Å². The third-order valence-electron chi connectivity index (χ3n) is 6.64. The number of ether oxygens (including phenoxy) is 3. The molecule has 0 N–H and O–H groups in total. The summed E-state index contributed by atoms with van der Waals surface area (Å²) < 4.78 is 19.9. The molecule has 5 heteroatoms. The average molecular weight is 483 g/mol. The molecule has 33 heavy (non-hydrogen) atoms. The number of rotatable bonds is 23. The third kappa shape index (κ3) is 15.9. The summed E-state index contributed by atoms with van der Waals surface area (Å²) in [6.07, 6.45) is 26.4. The highest BCUT2D eigenvalue weighted by atomic mass is 32.1. The van der Waals surface area contributed by atoms with Gasteiger partial charge in [-0.2, -0.15) is 4.57 Å². The van der Waals surface area contributed by atoms with Gasteiger partial charge in [0.05, 0.1) is 18.6 Å². The zero-order chi connectivity index (χ0) is 23.2. The molecular weight excluding hydrogens is 430 g/mol. The van der Waals surface area contributed by atoms with E-state index < -0.39 is 0 Å². The molecule has 1 fully saturated rings. The van der Waals surface area contributed by atoms with Crippen LogP contribution in [0.25, 0.3) is 0 Å². The van der Waals surface area contributed by atoms with Gasteiger partial charge >= 0.3 is 0 Å². The van der Waals surface area contributed by atoms with Crippen molar-refractivity contribution in [2.45, 2.75) is 141 Å². The van der Waals surface area contributed by atoms with Gasteiger partial charge in [-0.15, -0.1) is 0 Å². The highest BCUT2D eigenvalue weighted by Crippen LogP contribution is 2.19. The SMILES string of the molecule is CCCCCCCCCCCCCCC[C@H]1OC[C@H](COCCCCCC[n+]2ccsc2)O1. The minimum atomic E-state index is 0.000846. The molecule has 2 heterocycles. The lowest BCUT2D eigenvalue weighted by Gasteiger charge is -2.12. The Bertz CT molecular complexity index is 525. The number of nitrogens with zero attached hydrogens (tertiary/aromatic N) is 1. The first-order valence-electron chi connectivity index (χ1n) is 14.1. The first kappa shape index (κ1) is 28.7. The van der Waals surface area contributed by atoms with Gasteiger partial charge < -0.3 is 14.2 Å². The van der Waals surface area contributed by atoms with Crippen LogP contribution in [0, 0.1) is 0 Å². The molecule has 4 nitrogen and oxygen atoms in total. The minimum Gasteiger partial charge on any atom is -0.379 e. The molecule has 1 aliphatic heterocycles. The Morgan fingerprint density at radius 1 is 0.818 bits per heavy atom. The van der Waals surface area contributed by atoms with E-state index in [2.05, 4.69) is 28.6 Å². The van der Waals surface area contributed by atoms with Gasteiger partial charge in [-0.25, -0.2) is 0 Å². The summed E-state index contributed by atoms with van der Waals surface area (Å²) in [6.45, 7) is 5.64. The summed E-state index contributed by atoms with van der Waals surface area (Å²) in [5.41, 5.74) is 2.18. The molecule has 0 radical (unpaired) electrons. The quantitative estimate of drug-likeness (QED) is 0.118. The largest absolute Gasteiger partial charge is 0.379 e. The molecule has 0 amide bonds. The zero-order valence-electron chi connectivity index (χ0n) is 21.5. The molecule has 0 spiro atoms. The lowest BCUT2D eigenvalue weighted by molar-refractivity contribution is -0.692. The molecule has 2 atom stereocenters. The lowest BCUT2D eigenvalue weighted by atomic mass is 10.0. The van der Waals surface area contributed by atoms with Crippen LogP contribution in [-0.4, -0.2) is 32.2 Å². The monoisotopic (exact) mass is 482 g/mol. The van der Waals surface area contributed by atoms with E-state index in [4.69, 9.17) is 14.2 Å². The van der Waals surface area contributed by atoms with E-state index >= 15 is 0 Å². The van der Waals surface area contributed by atoms with Gasteiger partial charge in [-0.1, -0.05) is 102 Å². The fourth-order valence-corrected chi connectivity index (χ4v) is 5.16. The van der Waals surface area contributed by atoms with Crippen molar-refractivity contribution in [1.29, 1.82) is 0 Å². The summed E-state index contributed by atoms with van der Waals surface area (Å²) in [7, 11) is 0. The van der Waals surface area contributed by atoms with E-state index in [9.17, 15) is 0 Å². The Morgan fingerprint density at radius 2 is 1.45 bits per heavy atom. The Labute approximate surface area is 208 Å². The Morgan fingerprint density at radius 3 is 2.12 bits per heavy atom. The van der Waals surface area contributed by atoms with E-state index in [1.807, 2.05) is 0 Å². The summed E-state index contributed by atoms with van der Waals surface area (Å²) in [4.78, 5) is 0. The topological polar surface area (TPSA) is 31.6 Å². The number of unbranched alkanes of at least 4 members (excludes halogenated alkanes) is 15. The van der Waals surface area contributed by atoms with Crippen LogP contribution in [0.4, 0.5) is 0 Å². The van der Waals surface area contributed by atoms with E-state index in [0.29, 0.717) is 13.2 Å². The van der Waals surface area contributed by atoms with Crippen LogP contribution in [0.2, 0.25) is 0 Å². The maximum Gasteiger partial charge on any atom is 0.224 e. The Hall–Kier alpha value is -0.490. The molecule has 1 aromatic rings. The van der Waals surface area contributed by atoms with Gasteiger partial charge in [-0.05, 0) is 25.7 Å². The summed E-state index contributed by atoms with van der Waals surface area (Å²) in [6, 6.07) is 0. The van der Waals surface area contributed by atoms with Crippen LogP contribution in [-0.2, 0) is 20.8 Å². The lowest BCUT2D eigenvalue weighted by Crippen LogP contribution is -2.29. The molecule has 0 aromatic carbocycles. The Kier molecular flexibility index (Phi) is 18.2. The minimum absolute atomic E-state index is 0.000846. The van der Waals surface area contributed by atoms with Crippen molar-refractivity contribution >= 4 is 11.3 Å². The fourth-order valence-electron chi connectivity index (χ4n) is 4.53. The molecule has 0 saturated carbocycles. The van der Waals surface area contributed by atoms with Crippen LogP contribution in [0.3, 0.4) is 0 Å². The molecule has 192 valence electrons. The maximum absolute atomic E-state index is 6.01. The maximum atomic E-state index is 6.01. The predicted octanol–water partition coefficient (Wildman–Crippen LogP) is 7.84. The molecule has 0 bridgehead atoms. The fraction of sp³-hybridized carbons (Fsp3) is 0.893. The van der Waals surface area contributed by atoms with Gasteiger partial charge in [0.25, 0.3) is 0 Å². The van der Waals surface area contributed by atoms with Crippen molar-refractivity contribution < 1.29 is 18.8 Å². The Balaban J connectivity index is 1.27. The van der Waals surface area contributed by atoms with Crippen LogP contribution >= 0.6 is 11.3 Å². The zero-order valence-corrected chi connectivity index (χ0v) is 22.3. The number of hydrogen-bond acceptors (Lipinski definition) is 4. The van der Waals surface area contributed by atoms with Crippen molar-refractivity contribution in [2.24, 2.45) is 0 Å². The average Bonchev–Trinajstić information content (AvgIpc) is 3.51. The summed E-state index contributed by atoms with van der Waals surface area (Å²) in [5.74, 6) is 0. The first-order chi connectivity index (χ1) is 16.4. The smallest absolute Gasteiger partial charge is 0.224 e. The number of hydrogen-bond donors (Lipinski definition) is 0. The number of thiazole rings is 1. The molecule has 1 aromatic heterocycles. The van der Waals surface area contributed by atoms with Crippen molar-refractivity contribution in [2.75, 3.05) is 19.8 Å². The van der Waals surface area contributed by atoms with Crippen molar-refractivity contribution in [3.05, 3.63) is 17.1 Å². The van der Waals surface area contributed by atoms with Crippen LogP contribution in [0.15, 0.2) is 17.1 Å². The molecule has 1 aliphatic rings. The van der Waals surface area contributed by atoms with Gasteiger partial charge in [-0.3, -0.25) is 0 Å². The molecule has 2 rings (SSSR count). The second-order valence-corrected chi connectivity index (χ2v) is 10.6. The van der Waals surface area contributed by atoms with E-state index in [1.165, 1.54) is 103 Å². The van der Waals surface area contributed by atoms with Crippen molar-refractivity contribution in [3.63, 3.8) is 0 Å². The van der Waals surface area contributed by atoms with E-state index in [1.54, 1.807) is 11.3 Å². The third-order valence-corrected chi connectivity index (χ3v) is 7.31. The molecular formula is C28H52NO3S+. The second kappa shape index (κ2) is 20.8. The summed E-state index contributed by atoms with van der Waals surface area (Å²) in [5, 5.41) is 2.13. The van der Waals surface area contributed by atoms with E-state index in [-0.39, 0.29) is 12.4 Å². The van der Waals surface area contributed by atoms with E-state index in [0.717, 1.165) is 26.0 Å². The van der Waals surface area contributed by atoms with Crippen molar-refractivity contribution in [1.82, 2.24) is 0 Å². The highest BCUT2D eigenvalue weighted by Gasteiger charge is 2.25. The predicted molar refractivity (Wildman–Crippen MR) is 139 cm³/mol. The second-order valence-electron chi connectivity index (χ2n) is 9.81. The standard InChI is InChI=1S/C28H52NO3S/c1-2-3-4-5-6-7-8-9-10-11-12-13-16-19-28-31-25-27(32-28)24-30-22-18-15-14-17-20-29-21-23-33-26-29/h21,23,26-28H,2-20,22,24-25H2,1H3/q+1/t27-,28-/m0/s1. The molecule has 1 saturated heterocycles. The molecule has 0 unspecified atom stereocenters. The number of aromatic nitrogens is 1. The van der Waals surface area contributed by atoms with Crippen LogP contribution < -0.4 is 4.57 Å². The van der Waals surface area contributed by atoms with Gasteiger partial charge in [0.2, 0.25) is 5.51 Å². The van der Waals surface area contributed by atoms with Gasteiger partial charge in [0.1, 0.15) is 12.6 Å². The first-order valence-corrected chi connectivity index (χ1v) is 15.1. The van der Waals surface area contributed by atoms with Crippen molar-refractivity contribution in [3.8, 4) is 0 Å². The normalized spacial score (nSPS) is 18.3. The summed E-state index contributed by atoms with van der Waals surface area (Å²) >= 11 is 1.76.